The van der Waals surface area contributed by atoms with Crippen LogP contribution in [-0.2, 0) is 4.79 Å². The van der Waals surface area contributed by atoms with Crippen molar-refractivity contribution in [1.82, 2.24) is 15.5 Å². The van der Waals surface area contributed by atoms with Crippen LogP contribution in [0.5, 0.6) is 0 Å². The normalized spacial score (nSPS) is 22.1. The molecule has 1 heterocycles. The monoisotopic (exact) mass is 287 g/mol. The van der Waals surface area contributed by atoms with Crippen molar-refractivity contribution in [3.63, 3.8) is 0 Å². The van der Waals surface area contributed by atoms with Gasteiger partial charge in [-0.25, -0.2) is 0 Å². The first-order chi connectivity index (χ1) is 10.1. The number of hydrogen-bond donors (Lipinski definition) is 3. The summed E-state index contributed by atoms with van der Waals surface area (Å²) in [6.45, 7) is 0. The highest BCUT2D eigenvalue weighted by Crippen LogP contribution is 2.24. The summed E-state index contributed by atoms with van der Waals surface area (Å²) in [4.78, 5) is 23.3. The zero-order valence-electron chi connectivity index (χ0n) is 11.5. The number of rotatable bonds is 3. The van der Waals surface area contributed by atoms with E-state index in [4.69, 9.17) is 5.11 Å². The molecule has 0 saturated heterocycles. The van der Waals surface area contributed by atoms with E-state index >= 15 is 0 Å². The first-order valence-corrected chi connectivity index (χ1v) is 7.10. The number of carbonyl (C=O) groups is 2. The van der Waals surface area contributed by atoms with Crippen LogP contribution in [-0.4, -0.2) is 33.2 Å². The maximum Gasteiger partial charge on any atom is 0.306 e. The van der Waals surface area contributed by atoms with E-state index < -0.39 is 5.97 Å². The highest BCUT2D eigenvalue weighted by molar-refractivity contribution is 5.98. The van der Waals surface area contributed by atoms with Gasteiger partial charge < -0.3 is 10.4 Å². The Bertz CT molecular complexity index is 680. The lowest BCUT2D eigenvalue weighted by atomic mass is 9.85. The average molecular weight is 287 g/mol. The maximum atomic E-state index is 12.3. The first-order valence-electron chi connectivity index (χ1n) is 7.10. The van der Waals surface area contributed by atoms with Crippen LogP contribution >= 0.6 is 0 Å². The van der Waals surface area contributed by atoms with Crippen molar-refractivity contribution in [2.24, 2.45) is 5.92 Å². The highest BCUT2D eigenvalue weighted by Gasteiger charge is 2.27. The van der Waals surface area contributed by atoms with E-state index in [1.165, 1.54) is 0 Å². The van der Waals surface area contributed by atoms with E-state index in [9.17, 15) is 9.59 Å². The third-order valence-electron chi connectivity index (χ3n) is 4.06. The molecule has 21 heavy (non-hydrogen) atoms. The third-order valence-corrected chi connectivity index (χ3v) is 4.06. The second kappa shape index (κ2) is 5.55. The lowest BCUT2D eigenvalue weighted by Gasteiger charge is -2.27. The minimum atomic E-state index is -0.770. The van der Waals surface area contributed by atoms with Crippen molar-refractivity contribution in [2.45, 2.75) is 31.7 Å². The van der Waals surface area contributed by atoms with E-state index in [1.807, 2.05) is 6.07 Å². The minimum Gasteiger partial charge on any atom is -0.481 e. The Balaban J connectivity index is 1.69. The molecule has 1 aliphatic rings. The fourth-order valence-corrected chi connectivity index (χ4v) is 2.90. The average Bonchev–Trinajstić information content (AvgIpc) is 2.94. The predicted molar refractivity (Wildman–Crippen MR) is 76.9 cm³/mol. The molecule has 1 amide bonds. The quantitative estimate of drug-likeness (QED) is 0.804. The summed E-state index contributed by atoms with van der Waals surface area (Å²) in [5, 5.41) is 19.7. The molecule has 3 rings (SSSR count). The van der Waals surface area contributed by atoms with E-state index in [0.717, 1.165) is 23.7 Å². The van der Waals surface area contributed by atoms with Gasteiger partial charge in [-0.1, -0.05) is 6.42 Å². The smallest absolute Gasteiger partial charge is 0.306 e. The van der Waals surface area contributed by atoms with Crippen molar-refractivity contribution in [3.8, 4) is 0 Å². The molecule has 6 nitrogen and oxygen atoms in total. The van der Waals surface area contributed by atoms with Gasteiger partial charge in [-0.2, -0.15) is 5.10 Å². The summed E-state index contributed by atoms with van der Waals surface area (Å²) in [5.74, 6) is -1.27. The number of nitrogens with zero attached hydrogens (tertiary/aromatic N) is 1. The number of carboxylic acid groups (broad SMARTS) is 1. The number of amides is 1. The Labute approximate surface area is 121 Å². The number of carbonyl (C=O) groups excluding carboxylic acids is 1. The lowest BCUT2D eigenvalue weighted by molar-refractivity contribution is -0.143. The van der Waals surface area contributed by atoms with E-state index in [0.29, 0.717) is 18.4 Å². The Morgan fingerprint density at radius 1 is 1.33 bits per heavy atom. The van der Waals surface area contributed by atoms with Crippen LogP contribution in [0.2, 0.25) is 0 Å². The van der Waals surface area contributed by atoms with Crippen LogP contribution in [0.4, 0.5) is 0 Å². The molecule has 0 radical (unpaired) electrons. The van der Waals surface area contributed by atoms with Crippen LogP contribution < -0.4 is 5.32 Å². The van der Waals surface area contributed by atoms with E-state index in [-0.39, 0.29) is 17.9 Å². The summed E-state index contributed by atoms with van der Waals surface area (Å²) in [6, 6.07) is 5.28. The molecule has 1 aliphatic carbocycles. The topological polar surface area (TPSA) is 95.1 Å². The zero-order valence-corrected chi connectivity index (χ0v) is 11.5. The summed E-state index contributed by atoms with van der Waals surface area (Å²) in [6.07, 6.45) is 4.55. The number of aromatic amines is 1. The van der Waals surface area contributed by atoms with E-state index in [2.05, 4.69) is 15.5 Å². The van der Waals surface area contributed by atoms with Crippen molar-refractivity contribution >= 4 is 22.8 Å². The summed E-state index contributed by atoms with van der Waals surface area (Å²) in [5.41, 5.74) is 1.46. The van der Waals surface area contributed by atoms with Gasteiger partial charge in [-0.3, -0.25) is 14.7 Å². The molecule has 6 heteroatoms. The second-order valence-corrected chi connectivity index (χ2v) is 5.54. The molecule has 2 atom stereocenters. The first kappa shape index (κ1) is 13.6. The molecule has 0 spiro atoms. The fraction of sp³-hybridized carbons (Fsp3) is 0.400. The number of aromatic nitrogens is 2. The second-order valence-electron chi connectivity index (χ2n) is 5.54. The van der Waals surface area contributed by atoms with Crippen LogP contribution in [0.25, 0.3) is 10.9 Å². The number of hydrogen-bond acceptors (Lipinski definition) is 3. The van der Waals surface area contributed by atoms with Gasteiger partial charge in [0.2, 0.25) is 0 Å². The fourth-order valence-electron chi connectivity index (χ4n) is 2.90. The standard InChI is InChI=1S/C15H17N3O3/c19-14(9-4-5-13-11(6-9)8-16-18-13)17-12-3-1-2-10(7-12)15(20)21/h4-6,8,10,12H,1-3,7H2,(H,16,18)(H,17,19)(H,20,21). The zero-order chi connectivity index (χ0) is 14.8. The van der Waals surface area contributed by atoms with Gasteiger partial charge in [0.15, 0.2) is 0 Å². The molecule has 1 saturated carbocycles. The van der Waals surface area contributed by atoms with E-state index in [1.54, 1.807) is 18.3 Å². The van der Waals surface area contributed by atoms with Crippen molar-refractivity contribution in [3.05, 3.63) is 30.0 Å². The Morgan fingerprint density at radius 2 is 2.19 bits per heavy atom. The SMILES string of the molecule is O=C(NC1CCCC(C(=O)O)C1)c1ccc2[nH]ncc2c1. The third kappa shape index (κ3) is 2.89. The van der Waals surface area contributed by atoms with Gasteiger partial charge in [0.25, 0.3) is 5.91 Å². The van der Waals surface area contributed by atoms with Crippen LogP contribution in [0.3, 0.4) is 0 Å². The van der Waals surface area contributed by atoms with Crippen LogP contribution in [0.15, 0.2) is 24.4 Å². The molecule has 0 bridgehead atoms. The minimum absolute atomic E-state index is 0.0626. The molecule has 3 N–H and O–H groups in total. The number of nitrogens with one attached hydrogen (secondary N) is 2. The predicted octanol–water partition coefficient (Wildman–Crippen LogP) is 1.94. The molecular formula is C15H17N3O3. The highest BCUT2D eigenvalue weighted by atomic mass is 16.4. The van der Waals surface area contributed by atoms with Crippen molar-refractivity contribution < 1.29 is 14.7 Å². The molecular weight excluding hydrogens is 270 g/mol. The van der Waals surface area contributed by atoms with Gasteiger partial charge in [0.05, 0.1) is 17.6 Å². The Hall–Kier alpha value is -2.37. The summed E-state index contributed by atoms with van der Waals surface area (Å²) >= 11 is 0. The van der Waals surface area contributed by atoms with Crippen molar-refractivity contribution in [2.75, 3.05) is 0 Å². The van der Waals surface area contributed by atoms with Gasteiger partial charge in [0, 0.05) is 17.0 Å². The molecule has 2 unspecified atom stereocenters. The Morgan fingerprint density at radius 3 is 3.00 bits per heavy atom. The summed E-state index contributed by atoms with van der Waals surface area (Å²) < 4.78 is 0. The van der Waals surface area contributed by atoms with Gasteiger partial charge in [0.1, 0.15) is 0 Å². The van der Waals surface area contributed by atoms with Gasteiger partial charge >= 0.3 is 5.97 Å². The molecule has 0 aliphatic heterocycles. The molecule has 1 aromatic heterocycles. The molecule has 1 aromatic carbocycles. The Kier molecular flexibility index (Phi) is 3.60. The lowest BCUT2D eigenvalue weighted by Crippen LogP contribution is -2.39. The molecule has 110 valence electrons. The molecule has 2 aromatic rings. The number of carboxylic acids is 1. The van der Waals surface area contributed by atoms with Crippen LogP contribution in [0, 0.1) is 5.92 Å². The number of aliphatic carboxylic acids is 1. The van der Waals surface area contributed by atoms with Crippen molar-refractivity contribution in [1.29, 1.82) is 0 Å². The molecule has 1 fully saturated rings. The summed E-state index contributed by atoms with van der Waals surface area (Å²) in [7, 11) is 0. The maximum absolute atomic E-state index is 12.3. The largest absolute Gasteiger partial charge is 0.481 e. The number of fused-ring (bicyclic) bond motifs is 1. The van der Waals surface area contributed by atoms with Gasteiger partial charge in [-0.15, -0.1) is 0 Å². The number of benzene rings is 1. The number of H-pyrrole nitrogens is 1. The van der Waals surface area contributed by atoms with Gasteiger partial charge in [-0.05, 0) is 37.5 Å². The van der Waals surface area contributed by atoms with Crippen LogP contribution in [0.1, 0.15) is 36.0 Å².